The molecule has 1 aliphatic rings. The van der Waals surface area contributed by atoms with Crippen LogP contribution in [0.4, 0.5) is 4.39 Å². The predicted molar refractivity (Wildman–Crippen MR) is 125 cm³/mol. The Balaban J connectivity index is 1.74. The summed E-state index contributed by atoms with van der Waals surface area (Å²) in [5.74, 6) is -0.193. The Hall–Kier alpha value is -3.14. The first kappa shape index (κ1) is 21.1. The zero-order chi connectivity index (χ0) is 22.1. The van der Waals surface area contributed by atoms with E-state index in [9.17, 15) is 9.18 Å². The van der Waals surface area contributed by atoms with Gasteiger partial charge in [0.25, 0.3) is 5.91 Å². The molecule has 3 heterocycles. The molecular weight excluding hydrogens is 387 g/mol. The Kier molecular flexibility index (Phi) is 5.81. The Morgan fingerprint density at radius 2 is 1.87 bits per heavy atom. The van der Waals surface area contributed by atoms with Crippen molar-refractivity contribution in [2.24, 2.45) is 0 Å². The molecule has 3 aromatic rings. The van der Waals surface area contributed by atoms with Gasteiger partial charge in [0.05, 0.1) is 6.04 Å². The van der Waals surface area contributed by atoms with Crippen molar-refractivity contribution in [3.8, 4) is 0 Å². The molecule has 4 rings (SSSR count). The molecule has 1 aliphatic heterocycles. The number of hydrogen-bond donors (Lipinski definition) is 0. The molecule has 0 N–H and O–H groups in total. The van der Waals surface area contributed by atoms with Crippen LogP contribution in [-0.4, -0.2) is 21.8 Å². The highest BCUT2D eigenvalue weighted by molar-refractivity contribution is 5.96. The zero-order valence-corrected chi connectivity index (χ0v) is 18.7. The van der Waals surface area contributed by atoms with Gasteiger partial charge in [-0.2, -0.15) is 0 Å². The number of rotatable bonds is 4. The fourth-order valence-electron chi connectivity index (χ4n) is 4.65. The van der Waals surface area contributed by atoms with Gasteiger partial charge in [-0.15, -0.1) is 0 Å². The van der Waals surface area contributed by atoms with Crippen LogP contribution in [-0.2, 0) is 12.8 Å². The maximum Gasteiger partial charge on any atom is 0.254 e. The molecular formula is C27H29FN2O. The van der Waals surface area contributed by atoms with E-state index in [4.69, 9.17) is 0 Å². The number of fused-ring (bicyclic) bond motifs is 2. The number of hydrogen-bond acceptors (Lipinski definition) is 1. The number of aromatic nitrogens is 1. The van der Waals surface area contributed by atoms with Crippen LogP contribution < -0.4 is 0 Å². The van der Waals surface area contributed by atoms with E-state index in [0.29, 0.717) is 17.7 Å². The van der Waals surface area contributed by atoms with Gasteiger partial charge in [0.15, 0.2) is 0 Å². The minimum Gasteiger partial charge on any atom is -0.332 e. The number of benzene rings is 1. The monoisotopic (exact) mass is 416 g/mol. The number of carbonyl (C=O) groups excluding carboxylic acids is 1. The van der Waals surface area contributed by atoms with E-state index < -0.39 is 0 Å². The lowest BCUT2D eigenvalue weighted by atomic mass is 9.93. The number of allylic oxidation sites excluding steroid dienone is 4. The maximum absolute atomic E-state index is 14.3. The Morgan fingerprint density at radius 1 is 1.13 bits per heavy atom. The summed E-state index contributed by atoms with van der Waals surface area (Å²) < 4.78 is 16.4. The quantitative estimate of drug-likeness (QED) is 0.443. The summed E-state index contributed by atoms with van der Waals surface area (Å²) in [5, 5.41) is 0. The minimum absolute atomic E-state index is 0.0412. The lowest BCUT2D eigenvalue weighted by molar-refractivity contribution is 0.0677. The maximum atomic E-state index is 14.3. The third-order valence-electron chi connectivity index (χ3n) is 6.36. The van der Waals surface area contributed by atoms with Gasteiger partial charge >= 0.3 is 0 Å². The van der Waals surface area contributed by atoms with Crippen LogP contribution >= 0.6 is 0 Å². The average Bonchev–Trinajstić information content (AvgIpc) is 3.22. The van der Waals surface area contributed by atoms with Gasteiger partial charge in [0.2, 0.25) is 0 Å². The van der Waals surface area contributed by atoms with Gasteiger partial charge in [-0.3, -0.25) is 4.79 Å². The standard InChI is InChI=1S/C27H29FN2O/c1-5-22-14-20(15-23-16-21(17-30(22)23)24(6-2)26(28)7-3)27(31)29-13-12-19-10-8-9-11-25(19)18(29)4/h6-11,14-18H,5,12-13H2,1-4H3/b24-6?,26-7+/t18-/m1/s1. The third-order valence-corrected chi connectivity index (χ3v) is 6.36. The summed E-state index contributed by atoms with van der Waals surface area (Å²) >= 11 is 0. The van der Waals surface area contributed by atoms with Crippen LogP contribution in [0.5, 0.6) is 0 Å². The van der Waals surface area contributed by atoms with Crippen molar-refractivity contribution >= 4 is 17.0 Å². The molecule has 0 radical (unpaired) electrons. The van der Waals surface area contributed by atoms with Crippen molar-refractivity contribution in [1.29, 1.82) is 0 Å². The number of halogens is 1. The van der Waals surface area contributed by atoms with Crippen LogP contribution in [0.1, 0.15) is 66.5 Å². The van der Waals surface area contributed by atoms with E-state index in [-0.39, 0.29) is 17.8 Å². The normalized spacial score (nSPS) is 17.2. The van der Waals surface area contributed by atoms with Crippen molar-refractivity contribution in [1.82, 2.24) is 9.30 Å². The lowest BCUT2D eigenvalue weighted by Gasteiger charge is -2.35. The highest BCUT2D eigenvalue weighted by Crippen LogP contribution is 2.32. The van der Waals surface area contributed by atoms with Crippen molar-refractivity contribution in [2.75, 3.05) is 6.54 Å². The van der Waals surface area contributed by atoms with Crippen LogP contribution in [0.3, 0.4) is 0 Å². The first-order chi connectivity index (χ1) is 15.0. The van der Waals surface area contributed by atoms with E-state index in [1.54, 1.807) is 13.0 Å². The Labute approximate surface area is 183 Å². The summed E-state index contributed by atoms with van der Waals surface area (Å²) in [7, 11) is 0. The molecule has 0 bridgehead atoms. The molecule has 1 atom stereocenters. The average molecular weight is 417 g/mol. The fourth-order valence-corrected chi connectivity index (χ4v) is 4.65. The molecule has 0 aliphatic carbocycles. The zero-order valence-electron chi connectivity index (χ0n) is 18.7. The van der Waals surface area contributed by atoms with Gasteiger partial charge in [-0.1, -0.05) is 43.3 Å². The summed E-state index contributed by atoms with van der Waals surface area (Å²) in [4.78, 5) is 15.5. The summed E-state index contributed by atoms with van der Waals surface area (Å²) in [6.07, 6.45) is 6.87. The van der Waals surface area contributed by atoms with Crippen molar-refractivity contribution in [3.05, 3.63) is 94.6 Å². The predicted octanol–water partition coefficient (Wildman–Crippen LogP) is 6.54. The number of pyridine rings is 1. The van der Waals surface area contributed by atoms with E-state index >= 15 is 0 Å². The van der Waals surface area contributed by atoms with Gasteiger partial charge < -0.3 is 9.30 Å². The SMILES string of the molecule is CC=C(/C(F)=C\C)c1cc2cc(C(=O)N3CCc4ccccc4[C@H]3C)cc(CC)n2c1. The Bertz CT molecular complexity index is 1200. The number of carbonyl (C=O) groups is 1. The molecule has 0 spiro atoms. The molecule has 2 aromatic heterocycles. The van der Waals surface area contributed by atoms with Crippen LogP contribution in [0.25, 0.3) is 11.1 Å². The Morgan fingerprint density at radius 3 is 2.58 bits per heavy atom. The summed E-state index contributed by atoms with van der Waals surface area (Å²) in [6.45, 7) is 8.42. The second kappa shape index (κ2) is 8.54. The van der Waals surface area contributed by atoms with E-state index in [2.05, 4.69) is 36.4 Å². The molecule has 160 valence electrons. The second-order valence-corrected chi connectivity index (χ2v) is 8.07. The number of amides is 1. The van der Waals surface area contributed by atoms with Crippen molar-refractivity contribution in [2.45, 2.75) is 46.6 Å². The van der Waals surface area contributed by atoms with E-state index in [0.717, 1.165) is 29.6 Å². The molecule has 1 aromatic carbocycles. The smallest absolute Gasteiger partial charge is 0.254 e. The summed E-state index contributed by atoms with van der Waals surface area (Å²) in [6, 6.07) is 14.3. The van der Waals surface area contributed by atoms with E-state index in [1.165, 1.54) is 17.2 Å². The molecule has 0 unspecified atom stereocenters. The van der Waals surface area contributed by atoms with Gasteiger partial charge in [0.1, 0.15) is 5.83 Å². The van der Waals surface area contributed by atoms with Gasteiger partial charge in [0, 0.05) is 40.7 Å². The van der Waals surface area contributed by atoms with Crippen LogP contribution in [0, 0.1) is 0 Å². The third kappa shape index (κ3) is 3.71. The molecule has 31 heavy (non-hydrogen) atoms. The van der Waals surface area contributed by atoms with Crippen LogP contribution in [0.15, 0.2) is 66.6 Å². The highest BCUT2D eigenvalue weighted by Gasteiger charge is 2.28. The van der Waals surface area contributed by atoms with Crippen LogP contribution in [0.2, 0.25) is 0 Å². The number of nitrogens with zero attached hydrogens (tertiary/aromatic N) is 2. The van der Waals surface area contributed by atoms with E-state index in [1.807, 2.05) is 42.3 Å². The minimum atomic E-state index is -0.242. The first-order valence-corrected chi connectivity index (χ1v) is 11.0. The molecule has 1 amide bonds. The van der Waals surface area contributed by atoms with Crippen molar-refractivity contribution in [3.63, 3.8) is 0 Å². The lowest BCUT2D eigenvalue weighted by Crippen LogP contribution is -2.38. The molecule has 0 saturated carbocycles. The molecule has 4 heteroatoms. The molecule has 3 nitrogen and oxygen atoms in total. The summed E-state index contributed by atoms with van der Waals surface area (Å²) in [5.41, 5.74) is 6.57. The molecule has 0 saturated heterocycles. The first-order valence-electron chi connectivity index (χ1n) is 11.0. The van der Waals surface area contributed by atoms with Gasteiger partial charge in [-0.25, -0.2) is 4.39 Å². The van der Waals surface area contributed by atoms with Crippen molar-refractivity contribution < 1.29 is 9.18 Å². The highest BCUT2D eigenvalue weighted by atomic mass is 19.1. The topological polar surface area (TPSA) is 24.7 Å². The fraction of sp³-hybridized carbons (Fsp3) is 0.296. The van der Waals surface area contributed by atoms with Gasteiger partial charge in [-0.05, 0) is 62.9 Å². The largest absolute Gasteiger partial charge is 0.332 e. The number of aryl methyl sites for hydroxylation is 1. The second-order valence-electron chi connectivity index (χ2n) is 8.07. The molecule has 0 fully saturated rings.